The van der Waals surface area contributed by atoms with Crippen LogP contribution in [0.1, 0.15) is 5.56 Å². The van der Waals surface area contributed by atoms with Gasteiger partial charge in [0.2, 0.25) is 5.03 Å². The summed E-state index contributed by atoms with van der Waals surface area (Å²) in [5.41, 5.74) is -0.0225. The van der Waals surface area contributed by atoms with E-state index in [2.05, 4.69) is 9.72 Å². The lowest BCUT2D eigenvalue weighted by Gasteiger charge is -2.14. The number of pyridine rings is 1. The van der Waals surface area contributed by atoms with Crippen LogP contribution in [0, 0.1) is 10.6 Å². The van der Waals surface area contributed by atoms with Gasteiger partial charge >= 0.3 is 6.36 Å². The van der Waals surface area contributed by atoms with Gasteiger partial charge in [0.15, 0.2) is 5.75 Å². The predicted octanol–water partition coefficient (Wildman–Crippen LogP) is 1.54. The third-order valence-electron chi connectivity index (χ3n) is 1.58. The average Bonchev–Trinajstić information content (AvgIpc) is 2.05. The number of nitrogens with zero attached hydrogens (tertiary/aromatic N) is 1. The van der Waals surface area contributed by atoms with Gasteiger partial charge in [-0.15, -0.1) is 13.2 Å². The normalized spacial score (nSPS) is 12.6. The van der Waals surface area contributed by atoms with Gasteiger partial charge in [0.25, 0.3) is 10.0 Å². The molecule has 96 valence electrons. The molecule has 0 aromatic carbocycles. The number of primary sulfonamides is 1. The largest absolute Gasteiger partial charge is 0.573 e. The molecule has 1 aromatic rings. The van der Waals surface area contributed by atoms with Crippen LogP contribution in [-0.4, -0.2) is 19.8 Å². The fourth-order valence-corrected chi connectivity index (χ4v) is 2.58. The predicted molar refractivity (Wildman–Crippen MR) is 59.7 cm³/mol. The molecule has 1 heterocycles. The SMILES string of the molecule is Cc1cc(I)nc(S(N)(=O)=O)c1OC(F)(F)F. The number of alkyl halides is 3. The second kappa shape index (κ2) is 4.57. The van der Waals surface area contributed by atoms with Gasteiger partial charge in [0.1, 0.15) is 3.70 Å². The molecule has 10 heteroatoms. The molecule has 0 amide bonds. The maximum absolute atomic E-state index is 12.1. The van der Waals surface area contributed by atoms with E-state index >= 15 is 0 Å². The summed E-state index contributed by atoms with van der Waals surface area (Å²) >= 11 is 1.66. The van der Waals surface area contributed by atoms with E-state index < -0.39 is 27.2 Å². The standard InChI is InChI=1S/C7H6F3IN2O3S/c1-3-2-4(11)13-6(17(12,14)15)5(3)16-7(8,9)10/h2H,1H3,(H2,12,14,15). The van der Waals surface area contributed by atoms with Gasteiger partial charge in [0.05, 0.1) is 0 Å². The molecule has 0 bridgehead atoms. The first-order valence-electron chi connectivity index (χ1n) is 3.96. The number of ether oxygens (including phenoxy) is 1. The van der Waals surface area contributed by atoms with Gasteiger partial charge in [-0.25, -0.2) is 18.5 Å². The van der Waals surface area contributed by atoms with E-state index in [1.165, 1.54) is 13.0 Å². The van der Waals surface area contributed by atoms with E-state index in [4.69, 9.17) is 5.14 Å². The number of aryl methyl sites for hydroxylation is 1. The molecule has 5 nitrogen and oxygen atoms in total. The molecule has 0 spiro atoms. The number of nitrogens with two attached hydrogens (primary N) is 1. The molecule has 2 N–H and O–H groups in total. The molecule has 0 saturated heterocycles. The first-order valence-corrected chi connectivity index (χ1v) is 6.59. The fourth-order valence-electron chi connectivity index (χ4n) is 1.03. The van der Waals surface area contributed by atoms with Crippen LogP contribution in [0.2, 0.25) is 0 Å². The second-order valence-corrected chi connectivity index (χ2v) is 5.57. The van der Waals surface area contributed by atoms with Crippen LogP contribution < -0.4 is 9.88 Å². The van der Waals surface area contributed by atoms with Crippen molar-refractivity contribution in [2.24, 2.45) is 5.14 Å². The zero-order valence-corrected chi connectivity index (χ0v) is 11.2. The molecule has 0 radical (unpaired) electrons. The van der Waals surface area contributed by atoms with E-state index in [0.717, 1.165) is 0 Å². The first-order chi connectivity index (χ1) is 7.50. The monoisotopic (exact) mass is 382 g/mol. The highest BCUT2D eigenvalue weighted by molar-refractivity contribution is 14.1. The van der Waals surface area contributed by atoms with Crippen LogP contribution in [0.15, 0.2) is 11.1 Å². The number of sulfonamides is 1. The lowest BCUT2D eigenvalue weighted by molar-refractivity contribution is -0.276. The molecule has 17 heavy (non-hydrogen) atoms. The molecule has 0 aliphatic rings. The summed E-state index contributed by atoms with van der Waals surface area (Å²) in [7, 11) is -4.39. The van der Waals surface area contributed by atoms with Crippen molar-refractivity contribution < 1.29 is 26.3 Å². The van der Waals surface area contributed by atoms with Crippen LogP contribution in [0.25, 0.3) is 0 Å². The van der Waals surface area contributed by atoms with Gasteiger partial charge in [0, 0.05) is 0 Å². The van der Waals surface area contributed by atoms with Gasteiger partial charge in [-0.2, -0.15) is 0 Å². The first kappa shape index (κ1) is 14.4. The molecule has 0 aliphatic carbocycles. The number of rotatable bonds is 2. The Morgan fingerprint density at radius 2 is 2.00 bits per heavy atom. The van der Waals surface area contributed by atoms with Gasteiger partial charge in [-0.1, -0.05) is 0 Å². The molecule has 1 rings (SSSR count). The zero-order chi connectivity index (χ0) is 13.4. The van der Waals surface area contributed by atoms with Gasteiger partial charge in [-0.3, -0.25) is 0 Å². The quantitative estimate of drug-likeness (QED) is 0.622. The molecule has 0 aliphatic heterocycles. The molecular formula is C7H6F3IN2O3S. The van der Waals surface area contributed by atoms with E-state index in [0.29, 0.717) is 0 Å². The number of halogens is 4. The number of aromatic nitrogens is 1. The smallest absolute Gasteiger partial charge is 0.402 e. The minimum absolute atomic E-state index is 0.0225. The summed E-state index contributed by atoms with van der Waals surface area (Å²) in [6.45, 7) is 1.26. The maximum Gasteiger partial charge on any atom is 0.573 e. The number of hydrogen-bond acceptors (Lipinski definition) is 4. The van der Waals surface area contributed by atoms with Crippen molar-refractivity contribution in [1.29, 1.82) is 0 Å². The highest BCUT2D eigenvalue weighted by Gasteiger charge is 2.35. The van der Waals surface area contributed by atoms with Crippen molar-refractivity contribution in [3.05, 3.63) is 15.3 Å². The van der Waals surface area contributed by atoms with Crippen molar-refractivity contribution in [3.8, 4) is 5.75 Å². The third kappa shape index (κ3) is 3.96. The van der Waals surface area contributed by atoms with Crippen LogP contribution in [0.5, 0.6) is 5.75 Å². The highest BCUT2D eigenvalue weighted by atomic mass is 127. The van der Waals surface area contributed by atoms with Crippen molar-refractivity contribution in [2.45, 2.75) is 18.3 Å². The van der Waals surface area contributed by atoms with Crippen molar-refractivity contribution in [1.82, 2.24) is 4.98 Å². The second-order valence-electron chi connectivity index (χ2n) is 2.99. The molecule has 1 aromatic heterocycles. The molecule has 0 saturated carbocycles. The van der Waals surface area contributed by atoms with E-state index in [1.54, 1.807) is 22.6 Å². The Labute approximate surface area is 108 Å². The average molecular weight is 382 g/mol. The molecule has 0 atom stereocenters. The maximum atomic E-state index is 12.1. The minimum Gasteiger partial charge on any atom is -0.402 e. The minimum atomic E-state index is -5.02. The summed E-state index contributed by atoms with van der Waals surface area (Å²) in [5, 5.41) is 3.84. The summed E-state index contributed by atoms with van der Waals surface area (Å²) in [4.78, 5) is 3.44. The Morgan fingerprint density at radius 1 is 1.47 bits per heavy atom. The third-order valence-corrected chi connectivity index (χ3v) is 2.95. The van der Waals surface area contributed by atoms with Crippen LogP contribution in [0.4, 0.5) is 13.2 Å². The summed E-state index contributed by atoms with van der Waals surface area (Å²) in [6, 6.07) is 1.25. The van der Waals surface area contributed by atoms with Crippen molar-refractivity contribution in [2.75, 3.05) is 0 Å². The van der Waals surface area contributed by atoms with Crippen LogP contribution in [-0.2, 0) is 10.0 Å². The van der Waals surface area contributed by atoms with E-state index in [9.17, 15) is 21.6 Å². The van der Waals surface area contributed by atoms with Crippen molar-refractivity contribution in [3.63, 3.8) is 0 Å². The lowest BCUT2D eigenvalue weighted by Crippen LogP contribution is -2.23. The van der Waals surface area contributed by atoms with E-state index in [-0.39, 0.29) is 9.26 Å². The zero-order valence-electron chi connectivity index (χ0n) is 8.25. The Morgan fingerprint density at radius 3 is 2.41 bits per heavy atom. The van der Waals surface area contributed by atoms with Gasteiger partial charge < -0.3 is 4.74 Å². The number of hydrogen-bond donors (Lipinski definition) is 1. The fraction of sp³-hybridized carbons (Fsp3) is 0.286. The van der Waals surface area contributed by atoms with Crippen LogP contribution >= 0.6 is 22.6 Å². The molecule has 0 fully saturated rings. The highest BCUT2D eigenvalue weighted by Crippen LogP contribution is 2.31. The topological polar surface area (TPSA) is 82.3 Å². The summed E-state index contributed by atoms with van der Waals surface area (Å²) < 4.78 is 62.3. The van der Waals surface area contributed by atoms with Gasteiger partial charge in [-0.05, 0) is 41.1 Å². The van der Waals surface area contributed by atoms with Crippen molar-refractivity contribution >= 4 is 32.6 Å². The molecule has 0 unspecified atom stereocenters. The van der Waals surface area contributed by atoms with Crippen LogP contribution in [0.3, 0.4) is 0 Å². The summed E-state index contributed by atoms with van der Waals surface area (Å²) in [5.74, 6) is -0.902. The Kier molecular flexibility index (Phi) is 3.88. The molecular weight excluding hydrogens is 376 g/mol. The Hall–Kier alpha value is -0.620. The summed E-state index contributed by atoms with van der Waals surface area (Å²) in [6.07, 6.45) is -5.02. The lowest BCUT2D eigenvalue weighted by atomic mass is 10.3. The Balaban J connectivity index is 3.47. The Bertz CT molecular complexity index is 544. The van der Waals surface area contributed by atoms with E-state index in [1.807, 2.05) is 0 Å².